The van der Waals surface area contributed by atoms with Crippen LogP contribution in [0.4, 0.5) is 5.69 Å². The van der Waals surface area contributed by atoms with Gasteiger partial charge in [0.05, 0.1) is 139 Å². The quantitative estimate of drug-likeness (QED) is 0.105. The van der Waals surface area contributed by atoms with Crippen molar-refractivity contribution in [1.82, 2.24) is 0 Å². The van der Waals surface area contributed by atoms with E-state index in [2.05, 4.69) is 5.32 Å². The van der Waals surface area contributed by atoms with Crippen molar-refractivity contribution in [1.29, 1.82) is 0 Å². The molecule has 0 radical (unpaired) electrons. The Morgan fingerprint density at radius 3 is 0.957 bits per heavy atom. The molecule has 0 unspecified atom stereocenters. The third kappa shape index (κ3) is 30.7. The lowest BCUT2D eigenvalue weighted by atomic mass is 10.3. The number of carbonyl (C=O) groups excluding carboxylic acids is 1. The van der Waals surface area contributed by atoms with Crippen LogP contribution in [-0.4, -0.2) is 158 Å². The minimum Gasteiger partial charge on any atom is -0.491 e. The van der Waals surface area contributed by atoms with Crippen molar-refractivity contribution < 1.29 is 61.6 Å². The van der Waals surface area contributed by atoms with E-state index in [9.17, 15) is 4.79 Å². The van der Waals surface area contributed by atoms with E-state index in [1.807, 2.05) is 6.92 Å². The number of benzene rings is 1. The SMILES string of the molecule is CCOCCOCCOCCOCCOCCOCCOCCOCCOCCOCCOCCOc1ccc(NC(C)=O)cc1. The van der Waals surface area contributed by atoms with Gasteiger partial charge in [0, 0.05) is 19.2 Å². The highest BCUT2D eigenvalue weighted by atomic mass is 16.6. The standard InChI is InChI=1S/C32H57NO13/c1-3-35-8-9-36-10-11-37-12-13-38-14-15-39-16-17-40-18-19-41-20-21-42-22-23-43-24-25-44-26-27-45-28-29-46-32-6-4-31(5-7-32)33-30(2)34/h4-7H,3,8-29H2,1-2H3,(H,33,34). The number of hydrogen-bond donors (Lipinski definition) is 1. The van der Waals surface area contributed by atoms with E-state index in [-0.39, 0.29) is 5.91 Å². The third-order valence-electron chi connectivity index (χ3n) is 5.60. The van der Waals surface area contributed by atoms with Crippen LogP contribution in [0.15, 0.2) is 24.3 Å². The predicted molar refractivity (Wildman–Crippen MR) is 171 cm³/mol. The summed E-state index contributed by atoms with van der Waals surface area (Å²) in [5.41, 5.74) is 0.732. The molecule has 1 N–H and O–H groups in total. The van der Waals surface area contributed by atoms with E-state index < -0.39 is 0 Å². The molecule has 0 aliphatic heterocycles. The van der Waals surface area contributed by atoms with Crippen LogP contribution in [-0.2, 0) is 56.9 Å². The largest absolute Gasteiger partial charge is 0.491 e. The highest BCUT2D eigenvalue weighted by molar-refractivity contribution is 5.88. The first kappa shape index (κ1) is 42.1. The summed E-state index contributed by atoms with van der Waals surface area (Å²) in [6, 6.07) is 7.18. The molecule has 1 rings (SSSR count). The minimum absolute atomic E-state index is 0.108. The summed E-state index contributed by atoms with van der Waals surface area (Å²) in [6.45, 7) is 15.4. The Morgan fingerprint density at radius 2 is 0.696 bits per heavy atom. The molecule has 0 aliphatic rings. The average molecular weight is 664 g/mol. The molecule has 14 heteroatoms. The maximum absolute atomic E-state index is 11.0. The minimum atomic E-state index is -0.108. The van der Waals surface area contributed by atoms with Gasteiger partial charge in [0.15, 0.2) is 0 Å². The van der Waals surface area contributed by atoms with E-state index in [0.717, 1.165) is 11.4 Å². The molecule has 0 fully saturated rings. The first-order valence-corrected chi connectivity index (χ1v) is 16.1. The van der Waals surface area contributed by atoms with Crippen molar-refractivity contribution in [3.05, 3.63) is 24.3 Å². The number of anilines is 1. The van der Waals surface area contributed by atoms with E-state index in [0.29, 0.717) is 152 Å². The molecule has 268 valence electrons. The van der Waals surface area contributed by atoms with Gasteiger partial charge in [-0.1, -0.05) is 0 Å². The number of hydrogen-bond acceptors (Lipinski definition) is 13. The van der Waals surface area contributed by atoms with Crippen LogP contribution >= 0.6 is 0 Å². The van der Waals surface area contributed by atoms with Crippen molar-refractivity contribution in [2.24, 2.45) is 0 Å². The Bertz CT molecular complexity index is 773. The molecule has 0 spiro atoms. The summed E-state index contributed by atoms with van der Waals surface area (Å²) in [4.78, 5) is 11.0. The van der Waals surface area contributed by atoms with Crippen LogP contribution in [0.1, 0.15) is 13.8 Å². The van der Waals surface area contributed by atoms with Gasteiger partial charge >= 0.3 is 0 Å². The van der Waals surface area contributed by atoms with Crippen molar-refractivity contribution in [3.8, 4) is 5.75 Å². The lowest BCUT2D eigenvalue weighted by Gasteiger charge is -2.09. The zero-order chi connectivity index (χ0) is 33.0. The summed E-state index contributed by atoms with van der Waals surface area (Å²) < 4.78 is 65.3. The zero-order valence-corrected chi connectivity index (χ0v) is 27.9. The Balaban J connectivity index is 1.66. The Labute approximate surface area is 274 Å². The number of nitrogens with one attached hydrogen (secondary N) is 1. The van der Waals surface area contributed by atoms with Gasteiger partial charge in [-0.3, -0.25) is 4.79 Å². The van der Waals surface area contributed by atoms with Gasteiger partial charge in [0.25, 0.3) is 0 Å². The molecule has 0 aliphatic carbocycles. The van der Waals surface area contributed by atoms with Crippen LogP contribution in [0.25, 0.3) is 0 Å². The Morgan fingerprint density at radius 1 is 0.435 bits per heavy atom. The van der Waals surface area contributed by atoms with Gasteiger partial charge < -0.3 is 62.2 Å². The van der Waals surface area contributed by atoms with Crippen molar-refractivity contribution >= 4 is 11.6 Å². The van der Waals surface area contributed by atoms with E-state index in [1.165, 1.54) is 6.92 Å². The van der Waals surface area contributed by atoms with Gasteiger partial charge in [-0.15, -0.1) is 0 Å². The predicted octanol–water partition coefficient (Wildman–Crippen LogP) is 2.23. The van der Waals surface area contributed by atoms with E-state index in [4.69, 9.17) is 56.8 Å². The highest BCUT2D eigenvalue weighted by Crippen LogP contribution is 2.15. The molecule has 14 nitrogen and oxygen atoms in total. The van der Waals surface area contributed by atoms with Gasteiger partial charge in [-0.2, -0.15) is 0 Å². The number of carbonyl (C=O) groups is 1. The molecule has 0 atom stereocenters. The molecule has 0 saturated carbocycles. The second-order valence-corrected chi connectivity index (χ2v) is 9.37. The van der Waals surface area contributed by atoms with E-state index >= 15 is 0 Å². The fourth-order valence-corrected chi connectivity index (χ4v) is 3.40. The Hall–Kier alpha value is -1.95. The van der Waals surface area contributed by atoms with Gasteiger partial charge in [-0.25, -0.2) is 0 Å². The smallest absolute Gasteiger partial charge is 0.221 e. The fourth-order valence-electron chi connectivity index (χ4n) is 3.40. The van der Waals surface area contributed by atoms with Crippen molar-refractivity contribution in [2.45, 2.75) is 13.8 Å². The number of ether oxygens (including phenoxy) is 12. The maximum Gasteiger partial charge on any atom is 0.221 e. The van der Waals surface area contributed by atoms with Crippen LogP contribution in [0, 0.1) is 0 Å². The average Bonchev–Trinajstić information content (AvgIpc) is 3.05. The van der Waals surface area contributed by atoms with Crippen molar-refractivity contribution in [2.75, 3.05) is 157 Å². The van der Waals surface area contributed by atoms with E-state index in [1.54, 1.807) is 24.3 Å². The second kappa shape index (κ2) is 34.4. The fraction of sp³-hybridized carbons (Fsp3) is 0.781. The first-order chi connectivity index (χ1) is 22.7. The van der Waals surface area contributed by atoms with Crippen LogP contribution in [0.5, 0.6) is 5.75 Å². The topological polar surface area (TPSA) is 140 Å². The molecular formula is C32H57NO13. The molecule has 1 aromatic carbocycles. The lowest BCUT2D eigenvalue weighted by molar-refractivity contribution is -0.114. The lowest BCUT2D eigenvalue weighted by Crippen LogP contribution is -2.15. The number of amides is 1. The van der Waals surface area contributed by atoms with Gasteiger partial charge in [0.2, 0.25) is 5.91 Å². The maximum atomic E-state index is 11.0. The molecule has 0 bridgehead atoms. The highest BCUT2D eigenvalue weighted by Gasteiger charge is 1.99. The van der Waals surface area contributed by atoms with Crippen molar-refractivity contribution in [3.63, 3.8) is 0 Å². The summed E-state index contributed by atoms with van der Waals surface area (Å²) in [6.07, 6.45) is 0. The first-order valence-electron chi connectivity index (χ1n) is 16.1. The summed E-state index contributed by atoms with van der Waals surface area (Å²) in [5.74, 6) is 0.609. The summed E-state index contributed by atoms with van der Waals surface area (Å²) in [7, 11) is 0. The normalized spacial score (nSPS) is 11.3. The second-order valence-electron chi connectivity index (χ2n) is 9.37. The summed E-state index contributed by atoms with van der Waals surface area (Å²) in [5, 5.41) is 2.71. The molecule has 0 saturated heterocycles. The van der Waals surface area contributed by atoms with Crippen LogP contribution < -0.4 is 10.1 Å². The molecule has 0 heterocycles. The van der Waals surface area contributed by atoms with Gasteiger partial charge in [0.1, 0.15) is 12.4 Å². The van der Waals surface area contributed by atoms with Crippen LogP contribution in [0.2, 0.25) is 0 Å². The molecule has 1 amide bonds. The van der Waals surface area contributed by atoms with Gasteiger partial charge in [-0.05, 0) is 31.2 Å². The number of rotatable bonds is 36. The summed E-state index contributed by atoms with van der Waals surface area (Å²) >= 11 is 0. The third-order valence-corrected chi connectivity index (χ3v) is 5.60. The molecule has 1 aromatic rings. The zero-order valence-electron chi connectivity index (χ0n) is 27.9. The Kier molecular flexibility index (Phi) is 31.5. The monoisotopic (exact) mass is 663 g/mol. The molecular weight excluding hydrogens is 606 g/mol. The van der Waals surface area contributed by atoms with Crippen LogP contribution in [0.3, 0.4) is 0 Å². The molecule has 46 heavy (non-hydrogen) atoms. The molecule has 0 aromatic heterocycles.